The van der Waals surface area contributed by atoms with E-state index in [1.165, 1.54) is 12.1 Å². The molecule has 3 nitrogen and oxygen atoms in total. The number of fused-ring (bicyclic) bond motifs is 1. The lowest BCUT2D eigenvalue weighted by atomic mass is 9.85. The van der Waals surface area contributed by atoms with Crippen molar-refractivity contribution in [1.29, 1.82) is 0 Å². The minimum Gasteiger partial charge on any atom is -0.404 e. The molecule has 1 atom stereocenters. The van der Waals surface area contributed by atoms with E-state index in [2.05, 4.69) is 30.8 Å². The Hall–Kier alpha value is -1.72. The van der Waals surface area contributed by atoms with E-state index in [1.807, 2.05) is 0 Å². The van der Waals surface area contributed by atoms with E-state index in [0.29, 0.717) is 12.0 Å². The van der Waals surface area contributed by atoms with Crippen LogP contribution in [0, 0.1) is 5.41 Å². The Bertz CT molecular complexity index is 547. The molecule has 0 aliphatic carbocycles. The van der Waals surface area contributed by atoms with Crippen LogP contribution >= 0.6 is 0 Å². The zero-order valence-corrected chi connectivity index (χ0v) is 12.2. The molecule has 1 unspecified atom stereocenters. The molecule has 1 amide bonds. The van der Waals surface area contributed by atoms with E-state index in [1.54, 1.807) is 6.07 Å². The first-order chi connectivity index (χ1) is 9.57. The van der Waals surface area contributed by atoms with Crippen LogP contribution in [0.1, 0.15) is 45.1 Å². The Morgan fingerprint density at radius 2 is 1.90 bits per heavy atom. The second kappa shape index (κ2) is 5.24. The highest BCUT2D eigenvalue weighted by Crippen LogP contribution is 2.43. The van der Waals surface area contributed by atoms with Gasteiger partial charge in [0.1, 0.15) is 0 Å². The zero-order chi connectivity index (χ0) is 15.8. The summed E-state index contributed by atoms with van der Waals surface area (Å²) in [6.45, 7) is 6.18. The van der Waals surface area contributed by atoms with Crippen molar-refractivity contribution < 1.29 is 22.7 Å². The van der Waals surface area contributed by atoms with Crippen molar-refractivity contribution >= 4 is 11.6 Å². The molecule has 116 valence electrons. The maximum atomic E-state index is 12.4. The quantitative estimate of drug-likeness (QED) is 0.896. The van der Waals surface area contributed by atoms with E-state index in [4.69, 9.17) is 0 Å². The molecule has 1 aliphatic heterocycles. The Morgan fingerprint density at radius 1 is 1.24 bits per heavy atom. The van der Waals surface area contributed by atoms with Gasteiger partial charge in [0, 0.05) is 0 Å². The monoisotopic (exact) mass is 301 g/mol. The molecule has 21 heavy (non-hydrogen) atoms. The Labute approximate surface area is 121 Å². The molecule has 1 aliphatic rings. The number of alkyl halides is 3. The Balaban J connectivity index is 2.25. The zero-order valence-electron chi connectivity index (χ0n) is 12.2. The summed E-state index contributed by atoms with van der Waals surface area (Å²) in [5.74, 6) is -1.05. The van der Waals surface area contributed by atoms with Gasteiger partial charge in [-0.1, -0.05) is 32.9 Å². The first-order valence-electron chi connectivity index (χ1n) is 6.76. The largest absolute Gasteiger partial charge is 0.573 e. The maximum Gasteiger partial charge on any atom is 0.573 e. The van der Waals surface area contributed by atoms with Gasteiger partial charge in [0.2, 0.25) is 5.91 Å². The number of anilines is 1. The van der Waals surface area contributed by atoms with Crippen molar-refractivity contribution in [2.75, 3.05) is 5.32 Å². The molecule has 1 aromatic rings. The second-order valence-electron chi connectivity index (χ2n) is 6.41. The molecule has 0 bridgehead atoms. The van der Waals surface area contributed by atoms with Crippen LogP contribution in [0.25, 0.3) is 0 Å². The van der Waals surface area contributed by atoms with Gasteiger partial charge in [-0.2, -0.15) is 0 Å². The van der Waals surface area contributed by atoms with Gasteiger partial charge in [-0.25, -0.2) is 0 Å². The predicted octanol–water partition coefficient (Wildman–Crippen LogP) is 4.45. The molecule has 1 N–H and O–H groups in total. The van der Waals surface area contributed by atoms with Gasteiger partial charge in [-0.15, -0.1) is 13.2 Å². The standard InChI is InChI=1S/C15H18F3NO2/c1-14(2,3)8-7-10-9-5-4-6-11(21-15(16,17)18)12(9)19-13(10)20/h4-6,10H,7-8H2,1-3H3,(H,19,20). The molecule has 0 spiro atoms. The van der Waals surface area contributed by atoms with Gasteiger partial charge in [-0.3, -0.25) is 4.79 Å². The van der Waals surface area contributed by atoms with Crippen molar-refractivity contribution in [3.05, 3.63) is 23.8 Å². The van der Waals surface area contributed by atoms with E-state index >= 15 is 0 Å². The number of amides is 1. The van der Waals surface area contributed by atoms with Crippen molar-refractivity contribution in [2.24, 2.45) is 5.41 Å². The summed E-state index contributed by atoms with van der Waals surface area (Å²) in [7, 11) is 0. The number of rotatable bonds is 3. The summed E-state index contributed by atoms with van der Waals surface area (Å²) in [5, 5.41) is 2.51. The average Bonchev–Trinajstić information content (AvgIpc) is 2.61. The maximum absolute atomic E-state index is 12.4. The average molecular weight is 301 g/mol. The molecular weight excluding hydrogens is 283 g/mol. The van der Waals surface area contributed by atoms with Crippen LogP contribution in [-0.2, 0) is 4.79 Å². The molecule has 0 saturated carbocycles. The van der Waals surface area contributed by atoms with Crippen LogP contribution in [0.5, 0.6) is 5.75 Å². The predicted molar refractivity (Wildman–Crippen MR) is 73.2 cm³/mol. The fraction of sp³-hybridized carbons (Fsp3) is 0.533. The first-order valence-corrected chi connectivity index (χ1v) is 6.76. The van der Waals surface area contributed by atoms with Gasteiger partial charge in [0.25, 0.3) is 0 Å². The third-order valence-corrected chi connectivity index (χ3v) is 3.41. The molecule has 1 heterocycles. The smallest absolute Gasteiger partial charge is 0.404 e. The number of hydrogen-bond acceptors (Lipinski definition) is 2. The fourth-order valence-corrected chi connectivity index (χ4v) is 2.40. The highest BCUT2D eigenvalue weighted by atomic mass is 19.4. The lowest BCUT2D eigenvalue weighted by Crippen LogP contribution is -2.18. The first kappa shape index (κ1) is 15.7. The third-order valence-electron chi connectivity index (χ3n) is 3.41. The molecule has 0 radical (unpaired) electrons. The van der Waals surface area contributed by atoms with Crippen LogP contribution in [0.3, 0.4) is 0 Å². The molecule has 0 aromatic heterocycles. The summed E-state index contributed by atoms with van der Waals surface area (Å²) < 4.78 is 41.1. The number of ether oxygens (including phenoxy) is 1. The van der Waals surface area contributed by atoms with Gasteiger partial charge < -0.3 is 10.1 Å². The minimum absolute atomic E-state index is 0.0586. The van der Waals surface area contributed by atoms with Gasteiger partial charge in [0.15, 0.2) is 5.75 Å². The van der Waals surface area contributed by atoms with Crippen LogP contribution in [0.15, 0.2) is 18.2 Å². The van der Waals surface area contributed by atoms with Gasteiger partial charge in [0.05, 0.1) is 11.6 Å². The van der Waals surface area contributed by atoms with Crippen molar-refractivity contribution in [3.8, 4) is 5.75 Å². The van der Waals surface area contributed by atoms with E-state index in [0.717, 1.165) is 6.42 Å². The molecule has 2 rings (SSSR count). The topological polar surface area (TPSA) is 38.3 Å². The minimum atomic E-state index is -4.77. The highest BCUT2D eigenvalue weighted by molar-refractivity contribution is 6.04. The number of hydrogen-bond donors (Lipinski definition) is 1. The van der Waals surface area contributed by atoms with Gasteiger partial charge in [-0.05, 0) is 29.9 Å². The molecule has 1 aromatic carbocycles. The van der Waals surface area contributed by atoms with E-state index in [-0.39, 0.29) is 22.8 Å². The Morgan fingerprint density at radius 3 is 2.48 bits per heavy atom. The number of carbonyl (C=O) groups is 1. The van der Waals surface area contributed by atoms with Crippen molar-refractivity contribution in [2.45, 2.75) is 45.9 Å². The van der Waals surface area contributed by atoms with Crippen LogP contribution < -0.4 is 10.1 Å². The lowest BCUT2D eigenvalue weighted by Gasteiger charge is -2.20. The number of nitrogens with one attached hydrogen (secondary N) is 1. The summed E-state index contributed by atoms with van der Waals surface area (Å²) in [4.78, 5) is 12.0. The van der Waals surface area contributed by atoms with Crippen LogP contribution in [0.4, 0.5) is 18.9 Å². The van der Waals surface area contributed by atoms with Crippen LogP contribution in [0.2, 0.25) is 0 Å². The molecule has 6 heteroatoms. The third kappa shape index (κ3) is 3.89. The highest BCUT2D eigenvalue weighted by Gasteiger charge is 2.37. The fourth-order valence-electron chi connectivity index (χ4n) is 2.40. The number of para-hydroxylation sites is 1. The Kier molecular flexibility index (Phi) is 3.91. The molecule has 0 saturated heterocycles. The lowest BCUT2D eigenvalue weighted by molar-refractivity contribution is -0.274. The van der Waals surface area contributed by atoms with Crippen molar-refractivity contribution in [1.82, 2.24) is 0 Å². The van der Waals surface area contributed by atoms with Gasteiger partial charge >= 0.3 is 6.36 Å². The van der Waals surface area contributed by atoms with E-state index in [9.17, 15) is 18.0 Å². The molecule has 0 fully saturated rings. The van der Waals surface area contributed by atoms with E-state index < -0.39 is 12.3 Å². The van der Waals surface area contributed by atoms with Crippen LogP contribution in [-0.4, -0.2) is 12.3 Å². The summed E-state index contributed by atoms with van der Waals surface area (Å²) in [5.41, 5.74) is 0.771. The second-order valence-corrected chi connectivity index (χ2v) is 6.41. The SMILES string of the molecule is CC(C)(C)CCC1C(=O)Nc2c(OC(F)(F)F)cccc21. The number of halogens is 3. The summed E-state index contributed by atoms with van der Waals surface area (Å²) >= 11 is 0. The number of carbonyl (C=O) groups excluding carboxylic acids is 1. The van der Waals surface area contributed by atoms with Crippen molar-refractivity contribution in [3.63, 3.8) is 0 Å². The summed E-state index contributed by atoms with van der Waals surface area (Å²) in [6, 6.07) is 4.35. The molecular formula is C15H18F3NO2. The summed E-state index contributed by atoms with van der Waals surface area (Å²) in [6.07, 6.45) is -3.38. The normalized spacial score (nSPS) is 18.4. The number of benzene rings is 1.